The third-order valence-corrected chi connectivity index (χ3v) is 6.09. The molecule has 0 aromatic heterocycles. The van der Waals surface area contributed by atoms with E-state index in [2.05, 4.69) is 32.3 Å². The molecule has 0 aliphatic heterocycles. The molecule has 0 spiro atoms. The Kier molecular flexibility index (Phi) is 5.73. The smallest absolute Gasteiger partial charge is 0.261 e. The molecule has 0 amide bonds. The van der Waals surface area contributed by atoms with E-state index >= 15 is 0 Å². The zero-order chi connectivity index (χ0) is 18.6. The molecular formula is C20H17IN2O2S. The van der Waals surface area contributed by atoms with Crippen LogP contribution in [-0.4, -0.2) is 14.6 Å². The molecule has 1 N–H and O–H groups in total. The van der Waals surface area contributed by atoms with E-state index in [0.29, 0.717) is 11.4 Å². The Labute approximate surface area is 167 Å². The van der Waals surface area contributed by atoms with Crippen molar-refractivity contribution in [3.05, 3.63) is 87.5 Å². The topological polar surface area (TPSA) is 58.5 Å². The predicted octanol–water partition coefficient (Wildman–Crippen LogP) is 5.15. The highest BCUT2D eigenvalue weighted by Crippen LogP contribution is 2.27. The molecule has 0 heterocycles. The molecule has 0 atom stereocenters. The summed E-state index contributed by atoms with van der Waals surface area (Å²) < 4.78 is 29.0. The van der Waals surface area contributed by atoms with E-state index in [1.54, 1.807) is 48.7 Å². The van der Waals surface area contributed by atoms with Crippen molar-refractivity contribution < 1.29 is 8.42 Å². The van der Waals surface area contributed by atoms with Crippen LogP contribution in [0.3, 0.4) is 0 Å². The Morgan fingerprint density at radius 2 is 1.58 bits per heavy atom. The fourth-order valence-corrected chi connectivity index (χ4v) is 3.91. The average Bonchev–Trinajstić information content (AvgIpc) is 2.62. The molecule has 0 radical (unpaired) electrons. The molecule has 3 aromatic carbocycles. The molecule has 0 aliphatic rings. The van der Waals surface area contributed by atoms with Crippen molar-refractivity contribution in [2.75, 3.05) is 4.72 Å². The summed E-state index contributed by atoms with van der Waals surface area (Å²) in [6.07, 6.45) is 1.74. The van der Waals surface area contributed by atoms with Crippen LogP contribution in [0.5, 0.6) is 0 Å². The number of aryl methyl sites for hydroxylation is 1. The maximum atomic E-state index is 12.6. The van der Waals surface area contributed by atoms with Crippen LogP contribution in [0.25, 0.3) is 0 Å². The fourth-order valence-electron chi connectivity index (χ4n) is 2.31. The number of hydrogen-bond acceptors (Lipinski definition) is 3. The standard InChI is InChI=1S/C20H17IN2O2S/c1-15-10-12-17(13-11-15)26(24,25)23-20-9-5-4-8-19(20)22-14-16-6-2-3-7-18(16)21/h2-14,23H,1H3. The van der Waals surface area contributed by atoms with Gasteiger partial charge in [0.15, 0.2) is 0 Å². The van der Waals surface area contributed by atoms with Gasteiger partial charge in [-0.25, -0.2) is 8.42 Å². The van der Waals surface area contributed by atoms with E-state index in [4.69, 9.17) is 0 Å². The van der Waals surface area contributed by atoms with Gasteiger partial charge in [0.25, 0.3) is 10.0 Å². The molecule has 26 heavy (non-hydrogen) atoms. The third kappa shape index (κ3) is 4.50. The number of aliphatic imine (C=N–C) groups is 1. The van der Waals surface area contributed by atoms with E-state index in [9.17, 15) is 8.42 Å². The average molecular weight is 476 g/mol. The Morgan fingerprint density at radius 3 is 2.31 bits per heavy atom. The predicted molar refractivity (Wildman–Crippen MR) is 115 cm³/mol. The molecule has 0 saturated heterocycles. The second-order valence-corrected chi connectivity index (χ2v) is 8.56. The second-order valence-electron chi connectivity index (χ2n) is 5.72. The Balaban J connectivity index is 1.90. The van der Waals surface area contributed by atoms with Crippen molar-refractivity contribution in [1.82, 2.24) is 0 Å². The van der Waals surface area contributed by atoms with Crippen molar-refractivity contribution in [2.24, 2.45) is 4.99 Å². The molecule has 0 bridgehead atoms. The van der Waals surface area contributed by atoms with Gasteiger partial charge in [-0.2, -0.15) is 0 Å². The van der Waals surface area contributed by atoms with Crippen LogP contribution in [0.1, 0.15) is 11.1 Å². The monoisotopic (exact) mass is 476 g/mol. The molecular weight excluding hydrogens is 459 g/mol. The van der Waals surface area contributed by atoms with Crippen molar-refractivity contribution in [2.45, 2.75) is 11.8 Å². The fraction of sp³-hybridized carbons (Fsp3) is 0.0500. The summed E-state index contributed by atoms with van der Waals surface area (Å²) in [6, 6.07) is 21.7. The summed E-state index contributed by atoms with van der Waals surface area (Å²) in [4.78, 5) is 4.69. The van der Waals surface area contributed by atoms with Gasteiger partial charge < -0.3 is 0 Å². The van der Waals surface area contributed by atoms with Gasteiger partial charge in [0.1, 0.15) is 0 Å². The number of anilines is 1. The second kappa shape index (κ2) is 8.01. The highest BCUT2D eigenvalue weighted by atomic mass is 127. The van der Waals surface area contributed by atoms with Gasteiger partial charge >= 0.3 is 0 Å². The van der Waals surface area contributed by atoms with Crippen molar-refractivity contribution >= 4 is 50.2 Å². The highest BCUT2D eigenvalue weighted by Gasteiger charge is 2.15. The lowest BCUT2D eigenvalue weighted by molar-refractivity contribution is 0.601. The van der Waals surface area contributed by atoms with Gasteiger partial charge in [-0.05, 0) is 59.8 Å². The number of halogens is 1. The summed E-state index contributed by atoms with van der Waals surface area (Å²) in [5, 5.41) is 0. The summed E-state index contributed by atoms with van der Waals surface area (Å²) in [6.45, 7) is 1.92. The van der Waals surface area contributed by atoms with E-state index in [0.717, 1.165) is 14.7 Å². The first-order valence-electron chi connectivity index (χ1n) is 7.93. The molecule has 0 aliphatic carbocycles. The van der Waals surface area contributed by atoms with Gasteiger partial charge in [-0.15, -0.1) is 0 Å². The van der Waals surface area contributed by atoms with E-state index in [-0.39, 0.29) is 4.90 Å². The number of hydrogen-bond donors (Lipinski definition) is 1. The molecule has 4 nitrogen and oxygen atoms in total. The van der Waals surface area contributed by atoms with Crippen molar-refractivity contribution in [3.63, 3.8) is 0 Å². The lowest BCUT2D eigenvalue weighted by Crippen LogP contribution is -2.13. The highest BCUT2D eigenvalue weighted by molar-refractivity contribution is 14.1. The van der Waals surface area contributed by atoms with Crippen LogP contribution in [0.4, 0.5) is 11.4 Å². The first-order valence-corrected chi connectivity index (χ1v) is 10.5. The van der Waals surface area contributed by atoms with Gasteiger partial charge in [-0.1, -0.05) is 48.0 Å². The van der Waals surface area contributed by atoms with Crippen LogP contribution in [-0.2, 0) is 10.0 Å². The number of para-hydroxylation sites is 2. The normalized spacial score (nSPS) is 11.6. The molecule has 3 rings (SSSR count). The number of nitrogens with one attached hydrogen (secondary N) is 1. The van der Waals surface area contributed by atoms with Crippen LogP contribution in [0, 0.1) is 10.5 Å². The SMILES string of the molecule is Cc1ccc(S(=O)(=O)Nc2ccccc2N=Cc2ccccc2I)cc1. The van der Waals surface area contributed by atoms with Gasteiger partial charge in [-0.3, -0.25) is 9.71 Å². The van der Waals surface area contributed by atoms with E-state index < -0.39 is 10.0 Å². The van der Waals surface area contributed by atoms with E-state index in [1.807, 2.05) is 37.3 Å². The maximum Gasteiger partial charge on any atom is 0.261 e. The zero-order valence-corrected chi connectivity index (χ0v) is 17.0. The minimum Gasteiger partial charge on any atom is -0.277 e. The number of nitrogens with zero attached hydrogens (tertiary/aromatic N) is 1. The minimum atomic E-state index is -3.67. The summed E-state index contributed by atoms with van der Waals surface area (Å²) in [5.74, 6) is 0. The lowest BCUT2D eigenvalue weighted by atomic mass is 10.2. The molecule has 0 unspecified atom stereocenters. The Bertz CT molecular complexity index is 1050. The van der Waals surface area contributed by atoms with Gasteiger partial charge in [0.2, 0.25) is 0 Å². The zero-order valence-electron chi connectivity index (χ0n) is 14.1. The van der Waals surface area contributed by atoms with Crippen molar-refractivity contribution in [3.8, 4) is 0 Å². The van der Waals surface area contributed by atoms with Gasteiger partial charge in [0, 0.05) is 15.3 Å². The molecule has 3 aromatic rings. The largest absolute Gasteiger partial charge is 0.277 e. The summed E-state index contributed by atoms with van der Waals surface area (Å²) in [5.41, 5.74) is 2.98. The van der Waals surface area contributed by atoms with Crippen LogP contribution >= 0.6 is 22.6 Å². The third-order valence-electron chi connectivity index (χ3n) is 3.73. The van der Waals surface area contributed by atoms with Gasteiger partial charge in [0.05, 0.1) is 16.3 Å². The number of rotatable bonds is 5. The number of benzene rings is 3. The van der Waals surface area contributed by atoms with Crippen LogP contribution in [0.15, 0.2) is 82.7 Å². The number of sulfonamides is 1. The summed E-state index contributed by atoms with van der Waals surface area (Å²) >= 11 is 2.24. The Hall–Kier alpha value is -2.19. The molecule has 0 fully saturated rings. The van der Waals surface area contributed by atoms with Crippen molar-refractivity contribution in [1.29, 1.82) is 0 Å². The molecule has 6 heteroatoms. The Morgan fingerprint density at radius 1 is 0.923 bits per heavy atom. The first kappa shape index (κ1) is 18.6. The summed E-state index contributed by atoms with van der Waals surface area (Å²) in [7, 11) is -3.67. The minimum absolute atomic E-state index is 0.222. The first-order chi connectivity index (χ1) is 12.5. The maximum absolute atomic E-state index is 12.6. The van der Waals surface area contributed by atoms with Crippen LogP contribution in [0.2, 0.25) is 0 Å². The van der Waals surface area contributed by atoms with E-state index in [1.165, 1.54) is 0 Å². The van der Waals surface area contributed by atoms with Crippen LogP contribution < -0.4 is 4.72 Å². The quantitative estimate of drug-likeness (QED) is 0.409. The molecule has 132 valence electrons. The lowest BCUT2D eigenvalue weighted by Gasteiger charge is -2.10. The molecule has 0 saturated carbocycles.